The van der Waals surface area contributed by atoms with Gasteiger partial charge >= 0.3 is 13.2 Å². The van der Waals surface area contributed by atoms with Gasteiger partial charge in [-0.25, -0.2) is 4.79 Å². The van der Waals surface area contributed by atoms with Gasteiger partial charge in [0.15, 0.2) is 0 Å². The van der Waals surface area contributed by atoms with Crippen molar-refractivity contribution in [3.05, 3.63) is 59.3 Å². The molecule has 0 spiro atoms. The molecule has 1 aromatic heterocycles. The van der Waals surface area contributed by atoms with Crippen molar-refractivity contribution >= 4 is 19.3 Å². The second-order valence-corrected chi connectivity index (χ2v) is 10.1. The molecular weight excluding hydrogens is 405 g/mol. The molecule has 0 atom stereocenters. The molecule has 1 saturated heterocycles. The summed E-state index contributed by atoms with van der Waals surface area (Å²) in [6.45, 7) is 14.7. The number of nitrogens with one attached hydrogen (secondary N) is 1. The third-order valence-corrected chi connectivity index (χ3v) is 5.85. The van der Waals surface area contributed by atoms with E-state index in [0.717, 1.165) is 16.6 Å². The van der Waals surface area contributed by atoms with Crippen LogP contribution < -0.4 is 5.32 Å². The maximum absolute atomic E-state index is 12.3. The molecule has 1 aliphatic rings. The van der Waals surface area contributed by atoms with Gasteiger partial charge in [-0.15, -0.1) is 0 Å². The van der Waals surface area contributed by atoms with Crippen LogP contribution in [0.4, 0.5) is 4.79 Å². The average Bonchev–Trinajstić information content (AvgIpc) is 3.26. The summed E-state index contributed by atoms with van der Waals surface area (Å²) in [6, 6.07) is 9.57. The van der Waals surface area contributed by atoms with Crippen LogP contribution in [0.1, 0.15) is 59.6 Å². The molecule has 32 heavy (non-hydrogen) atoms. The van der Waals surface area contributed by atoms with E-state index >= 15 is 0 Å². The van der Waals surface area contributed by atoms with Crippen molar-refractivity contribution in [3.8, 4) is 0 Å². The number of rotatable bonds is 6. The van der Waals surface area contributed by atoms with Crippen LogP contribution in [0.5, 0.6) is 0 Å². The normalized spacial score (nSPS) is 18.0. The molecule has 8 heteroatoms. The fourth-order valence-corrected chi connectivity index (χ4v) is 3.14. The van der Waals surface area contributed by atoms with Gasteiger partial charge < -0.3 is 19.4 Å². The molecule has 1 aromatic carbocycles. The molecule has 172 valence electrons. The van der Waals surface area contributed by atoms with Gasteiger partial charge in [-0.1, -0.05) is 36.4 Å². The topological polar surface area (TPSA) is 74.6 Å². The van der Waals surface area contributed by atoms with E-state index in [4.69, 9.17) is 14.0 Å². The SMILES string of the molecule is CC(C)(C)n1cc(C=C(CNC(=O)OCc2ccccc2)B2OC(C)(C)C(C)(C)O2)cn1. The molecule has 0 bridgehead atoms. The molecule has 0 saturated carbocycles. The highest BCUT2D eigenvalue weighted by atomic mass is 16.7. The predicted molar refractivity (Wildman–Crippen MR) is 126 cm³/mol. The summed E-state index contributed by atoms with van der Waals surface area (Å²) in [5, 5.41) is 7.29. The van der Waals surface area contributed by atoms with Crippen molar-refractivity contribution in [1.29, 1.82) is 0 Å². The van der Waals surface area contributed by atoms with Gasteiger partial charge in [0, 0.05) is 18.3 Å². The highest BCUT2D eigenvalue weighted by Gasteiger charge is 2.52. The number of benzene rings is 1. The van der Waals surface area contributed by atoms with Crippen LogP contribution >= 0.6 is 0 Å². The van der Waals surface area contributed by atoms with E-state index < -0.39 is 24.4 Å². The van der Waals surface area contributed by atoms with E-state index in [9.17, 15) is 4.79 Å². The van der Waals surface area contributed by atoms with Crippen molar-refractivity contribution in [2.45, 2.75) is 71.8 Å². The summed E-state index contributed by atoms with van der Waals surface area (Å²) in [7, 11) is -0.590. The first kappa shape index (κ1) is 24.1. The largest absolute Gasteiger partial charge is 0.492 e. The Bertz CT molecular complexity index is 945. The summed E-state index contributed by atoms with van der Waals surface area (Å²) in [5.74, 6) is 0. The van der Waals surface area contributed by atoms with Crippen molar-refractivity contribution in [3.63, 3.8) is 0 Å². The predicted octanol–water partition coefficient (Wildman–Crippen LogP) is 4.58. The standard InChI is InChI=1S/C24H34BN3O4/c1-22(2,3)28-16-19(14-27-28)13-20(25-31-23(4,5)24(6,7)32-25)15-26-21(29)30-17-18-11-9-8-10-12-18/h8-14,16H,15,17H2,1-7H3,(H,26,29). The fourth-order valence-electron chi connectivity index (χ4n) is 3.14. The maximum Gasteiger partial charge on any atom is 0.492 e. The zero-order valence-electron chi connectivity index (χ0n) is 20.1. The number of nitrogens with zero attached hydrogens (tertiary/aromatic N) is 2. The van der Waals surface area contributed by atoms with E-state index in [2.05, 4.69) is 31.2 Å². The Morgan fingerprint density at radius 1 is 1.16 bits per heavy atom. The summed E-state index contributed by atoms with van der Waals surface area (Å²) < 4.78 is 19.7. The second kappa shape index (κ2) is 9.12. The Kier molecular flexibility index (Phi) is 6.86. The zero-order chi connectivity index (χ0) is 23.6. The monoisotopic (exact) mass is 439 g/mol. The lowest BCUT2D eigenvalue weighted by Crippen LogP contribution is -2.41. The quantitative estimate of drug-likeness (QED) is 0.667. The van der Waals surface area contributed by atoms with E-state index in [-0.39, 0.29) is 18.7 Å². The first-order valence-electron chi connectivity index (χ1n) is 10.9. The highest BCUT2D eigenvalue weighted by molar-refractivity contribution is 6.56. The number of carbonyl (C=O) groups is 1. The van der Waals surface area contributed by atoms with Crippen molar-refractivity contribution in [2.75, 3.05) is 6.54 Å². The lowest BCUT2D eigenvalue weighted by molar-refractivity contribution is 0.00578. The summed E-state index contributed by atoms with van der Waals surface area (Å²) in [6.07, 6.45) is 5.22. The molecular formula is C24H34BN3O4. The molecule has 1 N–H and O–H groups in total. The van der Waals surface area contributed by atoms with E-state index in [1.54, 1.807) is 6.20 Å². The van der Waals surface area contributed by atoms with Gasteiger partial charge in [-0.05, 0) is 59.5 Å². The lowest BCUT2D eigenvalue weighted by atomic mass is 9.77. The van der Waals surface area contributed by atoms with E-state index in [0.29, 0.717) is 0 Å². The van der Waals surface area contributed by atoms with E-state index in [1.165, 1.54) is 0 Å². The number of hydrogen-bond acceptors (Lipinski definition) is 5. The zero-order valence-corrected chi connectivity index (χ0v) is 20.1. The number of hydrogen-bond donors (Lipinski definition) is 1. The molecule has 2 aromatic rings. The van der Waals surface area contributed by atoms with Crippen LogP contribution in [-0.4, -0.2) is 40.7 Å². The lowest BCUT2D eigenvalue weighted by Gasteiger charge is -2.32. The summed E-state index contributed by atoms with van der Waals surface area (Å²) in [5.41, 5.74) is 1.52. The van der Waals surface area contributed by atoms with Gasteiger partial charge in [0.2, 0.25) is 0 Å². The van der Waals surface area contributed by atoms with Crippen LogP contribution in [0.25, 0.3) is 6.08 Å². The molecule has 1 amide bonds. The van der Waals surface area contributed by atoms with Gasteiger partial charge in [0.1, 0.15) is 6.61 Å². The Labute approximate surface area is 191 Å². The first-order chi connectivity index (χ1) is 14.9. The van der Waals surface area contributed by atoms with Gasteiger partial charge in [-0.3, -0.25) is 4.68 Å². The highest BCUT2D eigenvalue weighted by Crippen LogP contribution is 2.38. The number of carbonyl (C=O) groups excluding carboxylic acids is 1. The minimum atomic E-state index is -0.590. The molecule has 1 aliphatic heterocycles. The number of alkyl carbamates (subject to hydrolysis) is 1. The molecule has 7 nitrogen and oxygen atoms in total. The van der Waals surface area contributed by atoms with Crippen molar-refractivity contribution in [1.82, 2.24) is 15.1 Å². The van der Waals surface area contributed by atoms with Crippen LogP contribution in [0.3, 0.4) is 0 Å². The van der Waals surface area contributed by atoms with Crippen molar-refractivity contribution < 1.29 is 18.8 Å². The Morgan fingerprint density at radius 2 is 1.78 bits per heavy atom. The fraction of sp³-hybridized carbons (Fsp3) is 0.500. The van der Waals surface area contributed by atoms with Crippen LogP contribution in [0.15, 0.2) is 48.2 Å². The third kappa shape index (κ3) is 5.81. The van der Waals surface area contributed by atoms with Crippen molar-refractivity contribution in [2.24, 2.45) is 0 Å². The molecule has 0 unspecified atom stereocenters. The Hall–Kier alpha value is -2.58. The average molecular weight is 439 g/mol. The third-order valence-electron chi connectivity index (χ3n) is 5.85. The molecule has 0 aliphatic carbocycles. The molecule has 3 rings (SSSR count). The Balaban J connectivity index is 1.73. The molecule has 0 radical (unpaired) electrons. The summed E-state index contributed by atoms with van der Waals surface area (Å²) in [4.78, 5) is 12.3. The van der Waals surface area contributed by atoms with Crippen LogP contribution in [-0.2, 0) is 26.2 Å². The smallest absolute Gasteiger partial charge is 0.445 e. The van der Waals surface area contributed by atoms with Crippen LogP contribution in [0.2, 0.25) is 0 Å². The van der Waals surface area contributed by atoms with Crippen LogP contribution in [0, 0.1) is 0 Å². The minimum Gasteiger partial charge on any atom is -0.445 e. The Morgan fingerprint density at radius 3 is 2.34 bits per heavy atom. The molecule has 1 fully saturated rings. The van der Waals surface area contributed by atoms with E-state index in [1.807, 2.05) is 75.0 Å². The summed E-state index contributed by atoms with van der Waals surface area (Å²) >= 11 is 0. The maximum atomic E-state index is 12.3. The number of ether oxygens (including phenoxy) is 1. The van der Waals surface area contributed by atoms with Gasteiger partial charge in [0.25, 0.3) is 0 Å². The first-order valence-corrected chi connectivity index (χ1v) is 10.9. The second-order valence-electron chi connectivity index (χ2n) is 10.1. The van der Waals surface area contributed by atoms with Gasteiger partial charge in [0.05, 0.1) is 22.9 Å². The molecule has 2 heterocycles. The number of aromatic nitrogens is 2. The van der Waals surface area contributed by atoms with Gasteiger partial charge in [-0.2, -0.15) is 5.10 Å². The minimum absolute atomic E-state index is 0.129. The number of amides is 1.